The van der Waals surface area contributed by atoms with Gasteiger partial charge in [-0.05, 0) is 88.2 Å². The largest absolute Gasteiger partial charge is 0.497 e. The van der Waals surface area contributed by atoms with Crippen LogP contribution in [-0.4, -0.2) is 44.3 Å². The summed E-state index contributed by atoms with van der Waals surface area (Å²) in [5.41, 5.74) is 11.6. The second-order valence-corrected chi connectivity index (χ2v) is 11.4. The number of hydrogen-bond donors (Lipinski definition) is 1. The van der Waals surface area contributed by atoms with Crippen molar-refractivity contribution in [3.05, 3.63) is 81.1 Å². The van der Waals surface area contributed by atoms with Gasteiger partial charge in [0.1, 0.15) is 15.3 Å². The summed E-state index contributed by atoms with van der Waals surface area (Å²) in [6.07, 6.45) is 6.53. The Kier molecular flexibility index (Phi) is 5.59. The molecule has 5 aromatic rings. The third-order valence-corrected chi connectivity index (χ3v) is 9.10. The van der Waals surface area contributed by atoms with Crippen molar-refractivity contribution in [1.82, 2.24) is 24.1 Å². The first kappa shape index (κ1) is 23.8. The van der Waals surface area contributed by atoms with Crippen LogP contribution in [0.1, 0.15) is 35.6 Å². The van der Waals surface area contributed by atoms with Gasteiger partial charge in [0.05, 0.1) is 19.0 Å². The monoisotopic (exact) mass is 623 g/mol. The van der Waals surface area contributed by atoms with Gasteiger partial charge in [0.15, 0.2) is 11.3 Å². The number of aromatic nitrogens is 5. The Bertz CT molecular complexity index is 1670. The number of methoxy groups -OCH3 is 1. The van der Waals surface area contributed by atoms with Crippen LogP contribution >= 0.6 is 22.6 Å². The van der Waals surface area contributed by atoms with Crippen molar-refractivity contribution >= 4 is 45.2 Å². The van der Waals surface area contributed by atoms with Gasteiger partial charge in [0, 0.05) is 31.5 Å². The first-order valence-corrected chi connectivity index (χ1v) is 13.8. The molecule has 4 heterocycles. The van der Waals surface area contributed by atoms with Gasteiger partial charge in [-0.25, -0.2) is 14.1 Å². The van der Waals surface area contributed by atoms with Crippen molar-refractivity contribution < 1.29 is 9.13 Å². The molecule has 1 saturated heterocycles. The zero-order valence-corrected chi connectivity index (χ0v) is 23.1. The van der Waals surface area contributed by atoms with E-state index >= 15 is 0 Å². The third-order valence-electron chi connectivity index (χ3n) is 8.35. The van der Waals surface area contributed by atoms with E-state index in [1.807, 2.05) is 47.4 Å². The Labute approximate surface area is 232 Å². The van der Waals surface area contributed by atoms with Crippen LogP contribution in [0.4, 0.5) is 10.3 Å². The fraction of sp³-hybridized carbons (Fsp3) is 0.321. The number of ether oxygens (including phenoxy) is 1. The van der Waals surface area contributed by atoms with Crippen LogP contribution in [0.2, 0.25) is 0 Å². The predicted molar refractivity (Wildman–Crippen MR) is 152 cm³/mol. The molecule has 8 nitrogen and oxygen atoms in total. The maximum Gasteiger partial charge on any atom is 0.213 e. The average molecular weight is 623 g/mol. The van der Waals surface area contributed by atoms with E-state index in [9.17, 15) is 4.39 Å². The number of nitrogens with two attached hydrogens (primary N) is 1. The van der Waals surface area contributed by atoms with Crippen LogP contribution < -0.4 is 15.4 Å². The van der Waals surface area contributed by atoms with E-state index in [2.05, 4.69) is 31.9 Å². The lowest BCUT2D eigenvalue weighted by Gasteiger charge is -2.42. The maximum atomic E-state index is 13.9. The highest BCUT2D eigenvalue weighted by molar-refractivity contribution is 14.1. The summed E-state index contributed by atoms with van der Waals surface area (Å²) in [6.45, 7) is 2.24. The van der Waals surface area contributed by atoms with Crippen LogP contribution in [0.5, 0.6) is 5.75 Å². The second kappa shape index (κ2) is 8.91. The van der Waals surface area contributed by atoms with Crippen LogP contribution in [0.25, 0.3) is 16.7 Å². The van der Waals surface area contributed by atoms with Crippen molar-refractivity contribution in [2.75, 3.05) is 25.1 Å². The molecule has 2 aliphatic rings. The predicted octanol–water partition coefficient (Wildman–Crippen LogP) is 4.72. The Hall–Kier alpha value is -3.25. The van der Waals surface area contributed by atoms with Crippen molar-refractivity contribution in [2.24, 2.45) is 11.1 Å². The van der Waals surface area contributed by atoms with E-state index < -0.39 is 0 Å². The standard InChI is InChI=1S/C28H27FIN7O/c1-38-20-6-2-17(3-7-20)16-37-26-22(24(30)34-37)25-32-10-13-36(25)27(33-26)35-11-8-28(9-12-35)15-18-4-5-19(29)14-21(18)23(28)31/h2-7,10,13-14,23H,8-9,11-12,15-16,31H2,1H3/t23-/m1/s1. The Morgan fingerprint density at radius 2 is 1.92 bits per heavy atom. The van der Waals surface area contributed by atoms with Gasteiger partial charge in [0.2, 0.25) is 5.95 Å². The van der Waals surface area contributed by atoms with Gasteiger partial charge in [-0.1, -0.05) is 18.2 Å². The quantitative estimate of drug-likeness (QED) is 0.292. The minimum Gasteiger partial charge on any atom is -0.497 e. The van der Waals surface area contributed by atoms with E-state index in [-0.39, 0.29) is 17.3 Å². The average Bonchev–Trinajstić information content (AvgIpc) is 3.60. The molecule has 1 atom stereocenters. The molecule has 2 N–H and O–H groups in total. The minimum atomic E-state index is -0.213. The highest BCUT2D eigenvalue weighted by atomic mass is 127. The summed E-state index contributed by atoms with van der Waals surface area (Å²) in [6, 6.07) is 12.9. The molecule has 10 heteroatoms. The van der Waals surface area contributed by atoms with E-state index in [0.717, 1.165) is 75.6 Å². The smallest absolute Gasteiger partial charge is 0.213 e. The molecule has 194 valence electrons. The number of imidazole rings is 1. The summed E-state index contributed by atoms with van der Waals surface area (Å²) >= 11 is 2.27. The maximum absolute atomic E-state index is 13.9. The molecule has 0 saturated carbocycles. The minimum absolute atomic E-state index is 0.0453. The van der Waals surface area contributed by atoms with Crippen LogP contribution in [0, 0.1) is 14.9 Å². The molecule has 0 radical (unpaired) electrons. The number of hydrogen-bond acceptors (Lipinski definition) is 6. The molecular formula is C28H27FIN7O. The summed E-state index contributed by atoms with van der Waals surface area (Å²) in [5.74, 6) is 1.48. The lowest BCUT2D eigenvalue weighted by atomic mass is 9.73. The fourth-order valence-corrected chi connectivity index (χ4v) is 6.98. The number of piperidine rings is 1. The molecular weight excluding hydrogens is 596 g/mol. The van der Waals surface area contributed by atoms with Crippen LogP contribution in [0.3, 0.4) is 0 Å². The third kappa shape index (κ3) is 3.68. The van der Waals surface area contributed by atoms with Gasteiger partial charge in [-0.2, -0.15) is 10.1 Å². The highest BCUT2D eigenvalue weighted by Crippen LogP contribution is 2.51. The zero-order chi connectivity index (χ0) is 26.0. The second-order valence-electron chi connectivity index (χ2n) is 10.4. The summed E-state index contributed by atoms with van der Waals surface area (Å²) in [7, 11) is 1.67. The Balaban J connectivity index is 1.22. The molecule has 0 unspecified atom stereocenters. The molecule has 0 amide bonds. The molecule has 38 heavy (non-hydrogen) atoms. The van der Waals surface area contributed by atoms with Crippen LogP contribution in [0.15, 0.2) is 54.9 Å². The molecule has 1 spiro atoms. The van der Waals surface area contributed by atoms with Gasteiger partial charge < -0.3 is 15.4 Å². The Morgan fingerprint density at radius 3 is 2.68 bits per heavy atom. The highest BCUT2D eigenvalue weighted by Gasteiger charge is 2.46. The first-order valence-electron chi connectivity index (χ1n) is 12.8. The molecule has 1 fully saturated rings. The molecule has 3 aromatic heterocycles. The molecule has 0 bridgehead atoms. The zero-order valence-electron chi connectivity index (χ0n) is 20.9. The summed E-state index contributed by atoms with van der Waals surface area (Å²) in [4.78, 5) is 12.2. The number of anilines is 1. The number of nitrogens with zero attached hydrogens (tertiary/aromatic N) is 6. The van der Waals surface area contributed by atoms with Crippen molar-refractivity contribution in [3.8, 4) is 5.75 Å². The van der Waals surface area contributed by atoms with E-state index in [0.29, 0.717) is 6.54 Å². The van der Waals surface area contributed by atoms with Crippen molar-refractivity contribution in [2.45, 2.75) is 31.8 Å². The van der Waals surface area contributed by atoms with E-state index in [1.54, 1.807) is 19.2 Å². The number of halogens is 2. The van der Waals surface area contributed by atoms with Crippen LogP contribution in [-0.2, 0) is 13.0 Å². The topological polar surface area (TPSA) is 86.5 Å². The van der Waals surface area contributed by atoms with Gasteiger partial charge in [-0.3, -0.25) is 4.40 Å². The van der Waals surface area contributed by atoms with E-state index in [4.69, 9.17) is 25.5 Å². The summed E-state index contributed by atoms with van der Waals surface area (Å²) in [5, 5.41) is 5.79. The SMILES string of the molecule is COc1ccc(Cn2nc(I)c3c2nc(N2CCC4(CC2)Cc2ccc(F)cc2[C@H]4N)n2ccnc32)cc1. The van der Waals surface area contributed by atoms with Gasteiger partial charge in [-0.15, -0.1) is 0 Å². The normalized spacial score (nSPS) is 18.5. The summed E-state index contributed by atoms with van der Waals surface area (Å²) < 4.78 is 24.1. The molecule has 7 rings (SSSR count). The van der Waals surface area contributed by atoms with Crippen molar-refractivity contribution in [3.63, 3.8) is 0 Å². The Morgan fingerprint density at radius 1 is 1.13 bits per heavy atom. The van der Waals surface area contributed by atoms with E-state index in [1.165, 1.54) is 5.56 Å². The lowest BCUT2D eigenvalue weighted by molar-refractivity contribution is 0.186. The number of fused-ring (bicyclic) bond motifs is 4. The fourth-order valence-electron chi connectivity index (χ4n) is 6.24. The number of rotatable bonds is 4. The van der Waals surface area contributed by atoms with Crippen molar-refractivity contribution in [1.29, 1.82) is 0 Å². The molecule has 2 aromatic carbocycles. The molecule has 1 aliphatic carbocycles. The molecule has 1 aliphatic heterocycles. The van der Waals surface area contributed by atoms with Gasteiger partial charge in [0.25, 0.3) is 0 Å². The van der Waals surface area contributed by atoms with Gasteiger partial charge >= 0.3 is 0 Å². The first-order chi connectivity index (χ1) is 18.5. The lowest BCUT2D eigenvalue weighted by Crippen LogP contribution is -2.45. The number of benzene rings is 2.